The number of carbonyl (C=O) groups excluding carboxylic acids is 1. The summed E-state index contributed by atoms with van der Waals surface area (Å²) in [6.45, 7) is 8.27. The Morgan fingerprint density at radius 1 is 1.17 bits per heavy atom. The molecule has 1 amide bonds. The highest BCUT2D eigenvalue weighted by Crippen LogP contribution is 2.22. The number of hydrogen-bond acceptors (Lipinski definition) is 3. The highest BCUT2D eigenvalue weighted by Gasteiger charge is 2.25. The Bertz CT molecular complexity index is 1050. The Kier molecular flexibility index (Phi) is 5.03. The van der Waals surface area contributed by atoms with Crippen molar-refractivity contribution in [2.45, 2.75) is 45.6 Å². The number of carbonyl (C=O) groups is 1. The third kappa shape index (κ3) is 4.11. The number of amides is 1. The lowest BCUT2D eigenvalue weighted by atomic mass is 9.92. The van der Waals surface area contributed by atoms with Crippen LogP contribution in [0.2, 0.25) is 0 Å². The van der Waals surface area contributed by atoms with Gasteiger partial charge in [-0.3, -0.25) is 14.2 Å². The van der Waals surface area contributed by atoms with E-state index < -0.39 is 0 Å². The van der Waals surface area contributed by atoms with Crippen LogP contribution in [0.1, 0.15) is 49.7 Å². The zero-order valence-electron chi connectivity index (χ0n) is 17.3. The lowest BCUT2D eigenvalue weighted by molar-refractivity contribution is 0.0682. The molecule has 3 aromatic heterocycles. The normalized spacial score (nSPS) is 15.8. The molecule has 6 nitrogen and oxygen atoms in total. The SMILES string of the molecule is CC(C)(C)c1cc(=O)n(CC2CCN(C(=O)c3cc4ccccn4c3)CC2)cn1. The van der Waals surface area contributed by atoms with E-state index in [1.165, 1.54) is 0 Å². The second-order valence-corrected chi connectivity index (χ2v) is 9.01. The molecule has 0 N–H and O–H groups in total. The predicted molar refractivity (Wildman–Crippen MR) is 113 cm³/mol. The summed E-state index contributed by atoms with van der Waals surface area (Å²) >= 11 is 0. The molecular weight excluding hydrogens is 364 g/mol. The third-order valence-electron chi connectivity index (χ3n) is 5.76. The lowest BCUT2D eigenvalue weighted by Gasteiger charge is -2.32. The van der Waals surface area contributed by atoms with E-state index in [0.29, 0.717) is 12.5 Å². The van der Waals surface area contributed by atoms with Gasteiger partial charge in [-0.25, -0.2) is 4.98 Å². The maximum Gasteiger partial charge on any atom is 0.255 e. The van der Waals surface area contributed by atoms with Gasteiger partial charge in [-0.15, -0.1) is 0 Å². The maximum absolute atomic E-state index is 12.9. The Hall–Kier alpha value is -2.89. The molecule has 0 bridgehead atoms. The molecule has 1 aliphatic heterocycles. The van der Waals surface area contributed by atoms with Crippen molar-refractivity contribution in [3.8, 4) is 0 Å². The number of likely N-dealkylation sites (tertiary alicyclic amines) is 1. The summed E-state index contributed by atoms with van der Waals surface area (Å²) in [4.78, 5) is 31.7. The largest absolute Gasteiger partial charge is 0.339 e. The van der Waals surface area contributed by atoms with E-state index in [2.05, 4.69) is 25.8 Å². The van der Waals surface area contributed by atoms with Gasteiger partial charge in [-0.05, 0) is 37.0 Å². The van der Waals surface area contributed by atoms with Crippen molar-refractivity contribution < 1.29 is 4.79 Å². The quantitative estimate of drug-likeness (QED) is 0.687. The number of fused-ring (bicyclic) bond motifs is 1. The Labute approximate surface area is 170 Å². The third-order valence-corrected chi connectivity index (χ3v) is 5.76. The average molecular weight is 393 g/mol. The minimum Gasteiger partial charge on any atom is -0.339 e. The zero-order valence-corrected chi connectivity index (χ0v) is 17.3. The molecule has 3 aromatic rings. The van der Waals surface area contributed by atoms with Crippen LogP contribution in [0.4, 0.5) is 0 Å². The summed E-state index contributed by atoms with van der Waals surface area (Å²) in [6, 6.07) is 9.52. The Morgan fingerprint density at radius 3 is 2.59 bits per heavy atom. The summed E-state index contributed by atoms with van der Waals surface area (Å²) in [5.41, 5.74) is 2.45. The Balaban J connectivity index is 1.38. The molecule has 0 spiro atoms. The van der Waals surface area contributed by atoms with E-state index in [1.54, 1.807) is 17.0 Å². The summed E-state index contributed by atoms with van der Waals surface area (Å²) in [5.74, 6) is 0.465. The van der Waals surface area contributed by atoms with Gasteiger partial charge in [-0.1, -0.05) is 26.8 Å². The van der Waals surface area contributed by atoms with Crippen molar-refractivity contribution in [1.29, 1.82) is 0 Å². The second kappa shape index (κ2) is 7.50. The second-order valence-electron chi connectivity index (χ2n) is 9.01. The summed E-state index contributed by atoms with van der Waals surface area (Å²) < 4.78 is 3.68. The highest BCUT2D eigenvalue weighted by molar-refractivity contribution is 5.95. The van der Waals surface area contributed by atoms with Gasteiger partial charge in [0.25, 0.3) is 11.5 Å². The van der Waals surface area contributed by atoms with Gasteiger partial charge < -0.3 is 9.30 Å². The van der Waals surface area contributed by atoms with Crippen molar-refractivity contribution in [3.63, 3.8) is 0 Å². The standard InChI is InChI=1S/C23H28N4O2/c1-23(2,3)20-13-21(28)27(16-24-20)14-17-7-10-25(11-8-17)22(29)18-12-19-6-4-5-9-26(19)15-18/h4-6,9,12-13,15-17H,7-8,10-11,14H2,1-3H3. The van der Waals surface area contributed by atoms with Gasteiger partial charge in [0.15, 0.2) is 0 Å². The van der Waals surface area contributed by atoms with Crippen LogP contribution in [0.25, 0.3) is 5.52 Å². The fourth-order valence-electron chi connectivity index (χ4n) is 3.92. The molecule has 152 valence electrons. The van der Waals surface area contributed by atoms with E-state index in [9.17, 15) is 9.59 Å². The van der Waals surface area contributed by atoms with E-state index in [4.69, 9.17) is 0 Å². The van der Waals surface area contributed by atoms with Crippen LogP contribution in [0.15, 0.2) is 53.8 Å². The van der Waals surface area contributed by atoms with E-state index in [0.717, 1.165) is 42.7 Å². The van der Waals surface area contributed by atoms with E-state index >= 15 is 0 Å². The van der Waals surface area contributed by atoms with Gasteiger partial charge in [0.05, 0.1) is 17.6 Å². The lowest BCUT2D eigenvalue weighted by Crippen LogP contribution is -2.40. The number of pyridine rings is 1. The fourth-order valence-corrected chi connectivity index (χ4v) is 3.92. The zero-order chi connectivity index (χ0) is 20.6. The van der Waals surface area contributed by atoms with E-state index in [-0.39, 0.29) is 16.9 Å². The van der Waals surface area contributed by atoms with Crippen molar-refractivity contribution >= 4 is 11.4 Å². The van der Waals surface area contributed by atoms with Gasteiger partial charge >= 0.3 is 0 Å². The molecule has 0 radical (unpaired) electrons. The molecule has 1 fully saturated rings. The van der Waals surface area contributed by atoms with Crippen LogP contribution in [0, 0.1) is 5.92 Å². The number of aromatic nitrogens is 3. The highest BCUT2D eigenvalue weighted by atomic mass is 16.2. The monoisotopic (exact) mass is 392 g/mol. The molecule has 0 unspecified atom stereocenters. The number of piperidine rings is 1. The van der Waals surface area contributed by atoms with Gasteiger partial charge in [0.2, 0.25) is 0 Å². The molecular formula is C23H28N4O2. The molecule has 0 saturated carbocycles. The number of rotatable bonds is 3. The maximum atomic E-state index is 12.9. The van der Waals surface area contributed by atoms with Crippen LogP contribution < -0.4 is 5.56 Å². The fraction of sp³-hybridized carbons (Fsp3) is 0.435. The molecule has 0 aromatic carbocycles. The van der Waals surface area contributed by atoms with Crippen molar-refractivity contribution in [2.75, 3.05) is 13.1 Å². The van der Waals surface area contributed by atoms with Gasteiger partial charge in [-0.2, -0.15) is 0 Å². The van der Waals surface area contributed by atoms with Crippen LogP contribution in [0.3, 0.4) is 0 Å². The molecule has 6 heteroatoms. The molecule has 0 aliphatic carbocycles. The van der Waals surface area contributed by atoms with Crippen molar-refractivity contribution in [2.24, 2.45) is 5.92 Å². The minimum absolute atomic E-state index is 0.00364. The number of nitrogens with zero attached hydrogens (tertiary/aromatic N) is 4. The summed E-state index contributed by atoms with van der Waals surface area (Å²) in [7, 11) is 0. The molecule has 4 heterocycles. The first-order chi connectivity index (χ1) is 13.8. The van der Waals surface area contributed by atoms with Crippen LogP contribution in [0.5, 0.6) is 0 Å². The average Bonchev–Trinajstić information content (AvgIpc) is 3.13. The first kappa shape index (κ1) is 19.4. The molecule has 29 heavy (non-hydrogen) atoms. The first-order valence-corrected chi connectivity index (χ1v) is 10.2. The van der Waals surface area contributed by atoms with Gasteiger partial charge in [0, 0.05) is 49.0 Å². The molecule has 4 rings (SSSR count). The number of hydrogen-bond donors (Lipinski definition) is 0. The van der Waals surface area contributed by atoms with Gasteiger partial charge in [0.1, 0.15) is 0 Å². The summed E-state index contributed by atoms with van der Waals surface area (Å²) in [5, 5.41) is 0. The molecule has 0 atom stereocenters. The topological polar surface area (TPSA) is 59.6 Å². The first-order valence-electron chi connectivity index (χ1n) is 10.2. The van der Waals surface area contributed by atoms with E-state index in [1.807, 2.05) is 46.0 Å². The molecule has 1 saturated heterocycles. The summed E-state index contributed by atoms with van der Waals surface area (Å²) in [6.07, 6.45) is 7.31. The van der Waals surface area contributed by atoms with Crippen LogP contribution in [-0.2, 0) is 12.0 Å². The smallest absolute Gasteiger partial charge is 0.255 e. The Morgan fingerprint density at radius 2 is 1.93 bits per heavy atom. The van der Waals surface area contributed by atoms with Crippen LogP contribution in [-0.4, -0.2) is 37.8 Å². The van der Waals surface area contributed by atoms with Crippen molar-refractivity contribution in [1.82, 2.24) is 18.9 Å². The molecule has 1 aliphatic rings. The van der Waals surface area contributed by atoms with Crippen LogP contribution >= 0.6 is 0 Å². The minimum atomic E-state index is -0.131. The predicted octanol–water partition coefficient (Wildman–Crippen LogP) is 3.35. The van der Waals surface area contributed by atoms with Crippen molar-refractivity contribution in [3.05, 3.63) is 70.7 Å².